The molecule has 176 valence electrons. The second kappa shape index (κ2) is 9.16. The minimum Gasteiger partial charge on any atom is -0.451 e. The van der Waals surface area contributed by atoms with Gasteiger partial charge in [-0.3, -0.25) is 4.57 Å². The summed E-state index contributed by atoms with van der Waals surface area (Å²) in [5.74, 6) is -0.924. The smallest absolute Gasteiger partial charge is 0.338 e. The zero-order chi connectivity index (χ0) is 23.8. The van der Waals surface area contributed by atoms with Crippen molar-refractivity contribution in [2.75, 3.05) is 33.2 Å². The molecule has 8 nitrogen and oxygen atoms in total. The second-order valence-corrected chi connectivity index (χ2v) is 9.83. The monoisotopic (exact) mass is 478 g/mol. The lowest BCUT2D eigenvalue weighted by Gasteiger charge is -2.31. The highest BCUT2D eigenvalue weighted by Gasteiger charge is 2.29. The van der Waals surface area contributed by atoms with Crippen LogP contribution in [0, 0.1) is 0 Å². The SMILES string of the molecule is CC(OC(=O)c1cccc(S(=O)(=O)N2CCN(C)CC2)c1)c1nc2ccccc2n1C(F)F. The van der Waals surface area contributed by atoms with Crippen LogP contribution in [0.25, 0.3) is 11.0 Å². The Morgan fingerprint density at radius 1 is 1.06 bits per heavy atom. The molecule has 0 aliphatic carbocycles. The second-order valence-electron chi connectivity index (χ2n) is 7.89. The van der Waals surface area contributed by atoms with Gasteiger partial charge in [-0.15, -0.1) is 0 Å². The van der Waals surface area contributed by atoms with E-state index >= 15 is 0 Å². The van der Waals surface area contributed by atoms with Gasteiger partial charge in [0.25, 0.3) is 0 Å². The fourth-order valence-electron chi connectivity index (χ4n) is 3.80. The normalized spacial score (nSPS) is 16.9. The molecule has 2 heterocycles. The summed E-state index contributed by atoms with van der Waals surface area (Å²) in [6.07, 6.45) is -1.09. The number of hydrogen-bond donors (Lipinski definition) is 0. The summed E-state index contributed by atoms with van der Waals surface area (Å²) in [7, 11) is -1.85. The first-order chi connectivity index (χ1) is 15.7. The van der Waals surface area contributed by atoms with Gasteiger partial charge in [0.15, 0.2) is 11.9 Å². The van der Waals surface area contributed by atoms with Crippen molar-refractivity contribution in [1.82, 2.24) is 18.8 Å². The Bertz CT molecular complexity index is 1270. The van der Waals surface area contributed by atoms with Crippen LogP contribution in [0.3, 0.4) is 0 Å². The van der Waals surface area contributed by atoms with Gasteiger partial charge in [0.2, 0.25) is 10.0 Å². The highest BCUT2D eigenvalue weighted by atomic mass is 32.2. The van der Waals surface area contributed by atoms with Gasteiger partial charge in [-0.1, -0.05) is 18.2 Å². The van der Waals surface area contributed by atoms with Crippen molar-refractivity contribution in [3.05, 3.63) is 59.9 Å². The Kier molecular flexibility index (Phi) is 6.46. The maximum atomic E-state index is 13.7. The van der Waals surface area contributed by atoms with Crippen molar-refractivity contribution in [2.24, 2.45) is 0 Å². The van der Waals surface area contributed by atoms with Crippen molar-refractivity contribution >= 4 is 27.0 Å². The molecule has 1 aliphatic rings. The maximum Gasteiger partial charge on any atom is 0.338 e. The molecule has 1 aromatic heterocycles. The summed E-state index contributed by atoms with van der Waals surface area (Å²) < 4.78 is 60.9. The first-order valence-corrected chi connectivity index (χ1v) is 11.9. The van der Waals surface area contributed by atoms with Crippen LogP contribution in [0.4, 0.5) is 8.78 Å². The molecule has 0 amide bonds. The van der Waals surface area contributed by atoms with Gasteiger partial charge in [-0.25, -0.2) is 18.2 Å². The number of nitrogens with zero attached hydrogens (tertiary/aromatic N) is 4. The number of esters is 1. The molecule has 2 aromatic carbocycles. The number of benzene rings is 2. The number of ether oxygens (including phenoxy) is 1. The standard InChI is InChI=1S/C22H24F2N4O4S/c1-15(20-25-18-8-3-4-9-19(18)28(20)22(23)24)32-21(29)16-6-5-7-17(14-16)33(30,31)27-12-10-26(2)11-13-27/h3-9,14-15,22H,10-13H2,1-2H3. The van der Waals surface area contributed by atoms with Gasteiger partial charge in [0.05, 0.1) is 21.5 Å². The topological polar surface area (TPSA) is 84.7 Å². The molecule has 1 aliphatic heterocycles. The molecular weight excluding hydrogens is 454 g/mol. The number of hydrogen-bond acceptors (Lipinski definition) is 6. The van der Waals surface area contributed by atoms with Crippen LogP contribution in [0.15, 0.2) is 53.4 Å². The number of halogens is 2. The van der Waals surface area contributed by atoms with Crippen LogP contribution in [0.1, 0.15) is 35.8 Å². The Labute approximate surface area is 190 Å². The highest BCUT2D eigenvalue weighted by Crippen LogP contribution is 2.29. The molecule has 0 spiro atoms. The molecule has 3 aromatic rings. The fourth-order valence-corrected chi connectivity index (χ4v) is 5.27. The summed E-state index contributed by atoms with van der Waals surface area (Å²) in [6, 6.07) is 12.0. The van der Waals surface area contributed by atoms with Gasteiger partial charge >= 0.3 is 12.5 Å². The first-order valence-electron chi connectivity index (χ1n) is 10.4. The van der Waals surface area contributed by atoms with E-state index in [2.05, 4.69) is 4.98 Å². The molecule has 4 rings (SSSR count). The minimum absolute atomic E-state index is 0.0109. The van der Waals surface area contributed by atoms with Gasteiger partial charge in [-0.05, 0) is 44.3 Å². The summed E-state index contributed by atoms with van der Waals surface area (Å²) >= 11 is 0. The van der Waals surface area contributed by atoms with Gasteiger partial charge in [-0.2, -0.15) is 13.1 Å². The van der Waals surface area contributed by atoms with Crippen LogP contribution < -0.4 is 0 Å². The Morgan fingerprint density at radius 3 is 2.45 bits per heavy atom. The molecule has 33 heavy (non-hydrogen) atoms. The summed E-state index contributed by atoms with van der Waals surface area (Å²) in [6.45, 7) is 0.518. The number of carbonyl (C=O) groups excluding carboxylic acids is 1. The number of imidazole rings is 1. The lowest BCUT2D eigenvalue weighted by atomic mass is 10.2. The zero-order valence-electron chi connectivity index (χ0n) is 18.2. The molecule has 0 radical (unpaired) electrons. The predicted octanol–water partition coefficient (Wildman–Crippen LogP) is 3.29. The van der Waals surface area contributed by atoms with E-state index < -0.39 is 28.6 Å². The Balaban J connectivity index is 1.56. The van der Waals surface area contributed by atoms with E-state index in [1.165, 1.54) is 41.6 Å². The third-order valence-electron chi connectivity index (χ3n) is 5.64. The van der Waals surface area contributed by atoms with Gasteiger partial charge in [0.1, 0.15) is 0 Å². The molecule has 0 N–H and O–H groups in total. The predicted molar refractivity (Wildman–Crippen MR) is 118 cm³/mol. The summed E-state index contributed by atoms with van der Waals surface area (Å²) in [5, 5.41) is 0. The highest BCUT2D eigenvalue weighted by molar-refractivity contribution is 7.89. The van der Waals surface area contributed by atoms with Crippen LogP contribution >= 0.6 is 0 Å². The van der Waals surface area contributed by atoms with E-state index in [9.17, 15) is 22.0 Å². The molecule has 0 saturated carbocycles. The lowest BCUT2D eigenvalue weighted by Crippen LogP contribution is -2.47. The van der Waals surface area contributed by atoms with Crippen molar-refractivity contribution in [1.29, 1.82) is 0 Å². The number of aromatic nitrogens is 2. The first kappa shape index (κ1) is 23.3. The molecule has 1 fully saturated rings. The van der Waals surface area contributed by atoms with Gasteiger partial charge in [0, 0.05) is 26.2 Å². The third-order valence-corrected chi connectivity index (χ3v) is 7.53. The van der Waals surface area contributed by atoms with Gasteiger partial charge < -0.3 is 9.64 Å². The average Bonchev–Trinajstić information content (AvgIpc) is 3.19. The molecular formula is C22H24F2N4O4S. The molecule has 11 heteroatoms. The van der Waals surface area contributed by atoms with Crippen LogP contribution in [0.5, 0.6) is 0 Å². The Morgan fingerprint density at radius 2 is 1.76 bits per heavy atom. The van der Waals surface area contributed by atoms with E-state index in [0.717, 1.165) is 4.57 Å². The van der Waals surface area contributed by atoms with Crippen LogP contribution in [0.2, 0.25) is 0 Å². The van der Waals surface area contributed by atoms with Crippen molar-refractivity contribution < 1.29 is 26.7 Å². The fraction of sp³-hybridized carbons (Fsp3) is 0.364. The summed E-state index contributed by atoms with van der Waals surface area (Å²) in [4.78, 5) is 19.0. The number of piperazine rings is 1. The van der Waals surface area contributed by atoms with E-state index in [1.807, 2.05) is 11.9 Å². The number of likely N-dealkylation sites (N-methyl/N-ethyl adjacent to an activating group) is 1. The van der Waals surface area contributed by atoms with E-state index in [1.54, 1.807) is 18.2 Å². The number of carbonyl (C=O) groups is 1. The maximum absolute atomic E-state index is 13.7. The van der Waals surface area contributed by atoms with Crippen molar-refractivity contribution in [3.63, 3.8) is 0 Å². The quantitative estimate of drug-likeness (QED) is 0.506. The molecule has 0 bridgehead atoms. The number of sulfonamides is 1. The molecule has 1 saturated heterocycles. The third kappa shape index (κ3) is 4.61. The lowest BCUT2D eigenvalue weighted by molar-refractivity contribution is 0.0233. The van der Waals surface area contributed by atoms with Crippen molar-refractivity contribution in [3.8, 4) is 0 Å². The zero-order valence-corrected chi connectivity index (χ0v) is 19.0. The van der Waals surface area contributed by atoms with E-state index in [0.29, 0.717) is 31.7 Å². The average molecular weight is 479 g/mol. The van der Waals surface area contributed by atoms with Crippen molar-refractivity contribution in [2.45, 2.75) is 24.5 Å². The van der Waals surface area contributed by atoms with E-state index in [-0.39, 0.29) is 21.8 Å². The number of fused-ring (bicyclic) bond motifs is 1. The van der Waals surface area contributed by atoms with Crippen LogP contribution in [-0.4, -0.2) is 66.4 Å². The van der Waals surface area contributed by atoms with Crippen LogP contribution in [-0.2, 0) is 14.8 Å². The summed E-state index contributed by atoms with van der Waals surface area (Å²) in [5.41, 5.74) is 0.596. The number of rotatable bonds is 6. The number of para-hydroxylation sites is 2. The minimum atomic E-state index is -3.77. The largest absolute Gasteiger partial charge is 0.451 e. The Hall–Kier alpha value is -2.89. The number of alkyl halides is 2. The molecule has 1 unspecified atom stereocenters. The molecule has 1 atom stereocenters. The van der Waals surface area contributed by atoms with E-state index in [4.69, 9.17) is 4.74 Å².